The third-order valence-corrected chi connectivity index (χ3v) is 4.59. The van der Waals surface area contributed by atoms with Crippen molar-refractivity contribution >= 4 is 27.8 Å². The van der Waals surface area contributed by atoms with Crippen molar-refractivity contribution in [2.45, 2.75) is 0 Å². The fraction of sp³-hybridized carbons (Fsp3) is 0.100. The molecule has 5 aromatic heterocycles. The molecule has 5 heterocycles. The number of fused-ring (bicyclic) bond motifs is 2. The van der Waals surface area contributed by atoms with Crippen molar-refractivity contribution < 1.29 is 0 Å². The molecule has 0 aliphatic heterocycles. The summed E-state index contributed by atoms with van der Waals surface area (Å²) in [6, 6.07) is 12.0. The third-order valence-electron chi connectivity index (χ3n) is 4.59. The van der Waals surface area contributed by atoms with Crippen molar-refractivity contribution in [3.8, 4) is 22.6 Å². The minimum absolute atomic E-state index is 0.779. The second-order valence-corrected chi connectivity index (χ2v) is 6.61. The van der Waals surface area contributed by atoms with E-state index in [2.05, 4.69) is 31.2 Å². The van der Waals surface area contributed by atoms with E-state index in [-0.39, 0.29) is 0 Å². The van der Waals surface area contributed by atoms with E-state index in [4.69, 9.17) is 4.98 Å². The van der Waals surface area contributed by atoms with Crippen LogP contribution in [0.2, 0.25) is 0 Å². The molecule has 7 nitrogen and oxygen atoms in total. The Morgan fingerprint density at radius 1 is 1.00 bits per heavy atom. The predicted molar refractivity (Wildman–Crippen MR) is 107 cm³/mol. The molecule has 5 rings (SSSR count). The van der Waals surface area contributed by atoms with Crippen LogP contribution in [-0.2, 0) is 0 Å². The first-order chi connectivity index (χ1) is 13.2. The van der Waals surface area contributed by atoms with Gasteiger partial charge in [-0.2, -0.15) is 5.10 Å². The molecule has 0 aliphatic rings. The number of hydrogen-bond acceptors (Lipinski definition) is 5. The van der Waals surface area contributed by atoms with Crippen LogP contribution in [0.3, 0.4) is 0 Å². The summed E-state index contributed by atoms with van der Waals surface area (Å²) in [4.78, 5) is 19.0. The van der Waals surface area contributed by atoms with Crippen molar-refractivity contribution in [1.82, 2.24) is 30.1 Å². The first-order valence-electron chi connectivity index (χ1n) is 8.61. The van der Waals surface area contributed by atoms with Gasteiger partial charge in [-0.3, -0.25) is 15.1 Å². The Hall–Kier alpha value is -3.74. The highest BCUT2D eigenvalue weighted by Crippen LogP contribution is 2.29. The normalized spacial score (nSPS) is 11.3. The van der Waals surface area contributed by atoms with Gasteiger partial charge >= 0.3 is 0 Å². The fourth-order valence-corrected chi connectivity index (χ4v) is 3.14. The molecule has 7 heteroatoms. The molecule has 0 aromatic carbocycles. The summed E-state index contributed by atoms with van der Waals surface area (Å²) in [6.07, 6.45) is 5.44. The Kier molecular flexibility index (Phi) is 3.39. The lowest BCUT2D eigenvalue weighted by atomic mass is 10.1. The molecule has 132 valence electrons. The van der Waals surface area contributed by atoms with Gasteiger partial charge in [-0.15, -0.1) is 0 Å². The van der Waals surface area contributed by atoms with E-state index < -0.39 is 0 Å². The third kappa shape index (κ3) is 2.60. The Morgan fingerprint density at radius 3 is 2.78 bits per heavy atom. The standard InChI is InChI=1S/C20H17N7/c1-27(2)13-8-12(10-21-11-13)14-5-6-16-19(24-14)20(26-25-16)18-9-17-15(23-18)4-3-7-22-17/h3-11,23H,1-2H3,(H,25,26). The Bertz CT molecular complexity index is 1230. The number of H-pyrrole nitrogens is 2. The van der Waals surface area contributed by atoms with Crippen LogP contribution in [0, 0.1) is 0 Å². The minimum atomic E-state index is 0.779. The summed E-state index contributed by atoms with van der Waals surface area (Å²) in [6.45, 7) is 0. The van der Waals surface area contributed by atoms with Crippen LogP contribution in [-0.4, -0.2) is 44.2 Å². The van der Waals surface area contributed by atoms with Gasteiger partial charge in [0, 0.05) is 32.1 Å². The van der Waals surface area contributed by atoms with Gasteiger partial charge in [0.2, 0.25) is 0 Å². The van der Waals surface area contributed by atoms with Crippen molar-refractivity contribution in [1.29, 1.82) is 0 Å². The van der Waals surface area contributed by atoms with Gasteiger partial charge in [0.25, 0.3) is 0 Å². The maximum Gasteiger partial charge on any atom is 0.135 e. The van der Waals surface area contributed by atoms with Gasteiger partial charge in [-0.25, -0.2) is 4.98 Å². The van der Waals surface area contributed by atoms with Crippen molar-refractivity contribution in [3.63, 3.8) is 0 Å². The second kappa shape index (κ2) is 5.91. The Morgan fingerprint density at radius 2 is 1.93 bits per heavy atom. The molecular weight excluding hydrogens is 338 g/mol. The van der Waals surface area contributed by atoms with Crippen LogP contribution in [0.1, 0.15) is 0 Å². The molecular formula is C20H17N7. The molecule has 27 heavy (non-hydrogen) atoms. The topological polar surface area (TPSA) is 86.4 Å². The smallest absolute Gasteiger partial charge is 0.135 e. The zero-order valence-corrected chi connectivity index (χ0v) is 14.9. The first-order valence-corrected chi connectivity index (χ1v) is 8.61. The number of hydrogen-bond donors (Lipinski definition) is 2. The van der Waals surface area contributed by atoms with Gasteiger partial charge in [-0.05, 0) is 36.4 Å². The average Bonchev–Trinajstić information content (AvgIpc) is 3.31. The second-order valence-electron chi connectivity index (χ2n) is 6.61. The molecule has 0 aliphatic carbocycles. The maximum atomic E-state index is 4.86. The lowest BCUT2D eigenvalue weighted by Crippen LogP contribution is -2.08. The number of aromatic amines is 2. The van der Waals surface area contributed by atoms with E-state index in [1.165, 1.54) is 0 Å². The summed E-state index contributed by atoms with van der Waals surface area (Å²) in [5.41, 5.74) is 8.10. The highest BCUT2D eigenvalue weighted by Gasteiger charge is 2.14. The summed E-state index contributed by atoms with van der Waals surface area (Å²) in [5, 5.41) is 7.53. The Balaban J connectivity index is 1.65. The van der Waals surface area contributed by atoms with Gasteiger partial charge in [0.05, 0.1) is 39.8 Å². The molecule has 0 saturated heterocycles. The van der Waals surface area contributed by atoms with Gasteiger partial charge in [0.15, 0.2) is 0 Å². The van der Waals surface area contributed by atoms with E-state index in [9.17, 15) is 0 Å². The van der Waals surface area contributed by atoms with E-state index in [0.717, 1.165) is 50.4 Å². The van der Waals surface area contributed by atoms with Gasteiger partial charge in [-0.1, -0.05) is 0 Å². The van der Waals surface area contributed by atoms with Crippen LogP contribution >= 0.6 is 0 Å². The monoisotopic (exact) mass is 355 g/mol. The summed E-state index contributed by atoms with van der Waals surface area (Å²) >= 11 is 0. The average molecular weight is 355 g/mol. The molecule has 0 atom stereocenters. The SMILES string of the molecule is CN(C)c1cncc(-c2ccc3[nH]nc(-c4cc5ncccc5[nH]4)c3n2)c1. The zero-order chi connectivity index (χ0) is 18.4. The van der Waals surface area contributed by atoms with E-state index >= 15 is 0 Å². The number of nitrogens with one attached hydrogen (secondary N) is 2. The van der Waals surface area contributed by atoms with E-state index in [0.29, 0.717) is 0 Å². The number of nitrogens with zero attached hydrogens (tertiary/aromatic N) is 5. The van der Waals surface area contributed by atoms with Crippen LogP contribution in [0.15, 0.2) is 55.0 Å². The van der Waals surface area contributed by atoms with E-state index in [1.807, 2.05) is 61.7 Å². The largest absolute Gasteiger partial charge is 0.376 e. The number of pyridine rings is 3. The number of anilines is 1. The molecule has 0 bridgehead atoms. The quantitative estimate of drug-likeness (QED) is 0.516. The predicted octanol–water partition coefficient (Wildman–Crippen LogP) is 3.63. The summed E-state index contributed by atoms with van der Waals surface area (Å²) in [7, 11) is 3.99. The zero-order valence-electron chi connectivity index (χ0n) is 14.9. The lowest BCUT2D eigenvalue weighted by molar-refractivity contribution is 1.11. The van der Waals surface area contributed by atoms with Gasteiger partial charge in [0.1, 0.15) is 11.2 Å². The molecule has 0 spiro atoms. The van der Waals surface area contributed by atoms with Crippen molar-refractivity contribution in [2.24, 2.45) is 0 Å². The Labute approximate surface area is 155 Å². The van der Waals surface area contributed by atoms with Gasteiger partial charge < -0.3 is 9.88 Å². The number of aromatic nitrogens is 6. The highest BCUT2D eigenvalue weighted by molar-refractivity contribution is 5.93. The van der Waals surface area contributed by atoms with Crippen LogP contribution in [0.5, 0.6) is 0 Å². The van der Waals surface area contributed by atoms with Crippen molar-refractivity contribution in [2.75, 3.05) is 19.0 Å². The highest BCUT2D eigenvalue weighted by atomic mass is 15.1. The molecule has 2 N–H and O–H groups in total. The molecule has 0 fully saturated rings. The molecule has 0 unspecified atom stereocenters. The molecule has 0 saturated carbocycles. The summed E-state index contributed by atoms with van der Waals surface area (Å²) in [5.74, 6) is 0. The first kappa shape index (κ1) is 15.5. The minimum Gasteiger partial charge on any atom is -0.376 e. The number of rotatable bonds is 3. The lowest BCUT2D eigenvalue weighted by Gasteiger charge is -2.12. The van der Waals surface area contributed by atoms with Crippen LogP contribution < -0.4 is 4.90 Å². The van der Waals surface area contributed by atoms with Crippen LogP contribution in [0.4, 0.5) is 5.69 Å². The molecule has 0 radical (unpaired) electrons. The fourth-order valence-electron chi connectivity index (χ4n) is 3.14. The van der Waals surface area contributed by atoms with Crippen LogP contribution in [0.25, 0.3) is 44.7 Å². The van der Waals surface area contributed by atoms with E-state index in [1.54, 1.807) is 6.20 Å². The molecule has 5 aromatic rings. The molecule has 0 amide bonds. The summed E-state index contributed by atoms with van der Waals surface area (Å²) < 4.78 is 0. The maximum absolute atomic E-state index is 4.86. The van der Waals surface area contributed by atoms with Crippen molar-refractivity contribution in [3.05, 3.63) is 55.0 Å².